The van der Waals surface area contributed by atoms with Gasteiger partial charge in [0.05, 0.1) is 0 Å². The summed E-state index contributed by atoms with van der Waals surface area (Å²) in [6.07, 6.45) is 1.67. The Morgan fingerprint density at radius 3 is 2.95 bits per heavy atom. The topological polar surface area (TPSA) is 101 Å². The van der Waals surface area contributed by atoms with Gasteiger partial charge in [-0.2, -0.15) is 4.98 Å². The SMILES string of the molecule is Cc1c(C(=O)NCCc2ncon2)c(=O)[nH]c2ccccc12. The van der Waals surface area contributed by atoms with Crippen molar-refractivity contribution in [3.8, 4) is 0 Å². The van der Waals surface area contributed by atoms with Gasteiger partial charge in [0.2, 0.25) is 6.39 Å². The molecule has 3 aromatic rings. The molecular weight excluding hydrogens is 284 g/mol. The van der Waals surface area contributed by atoms with E-state index in [-0.39, 0.29) is 5.56 Å². The number of aryl methyl sites for hydroxylation is 1. The molecule has 0 aliphatic rings. The summed E-state index contributed by atoms with van der Waals surface area (Å²) in [5.74, 6) is 0.0949. The summed E-state index contributed by atoms with van der Waals surface area (Å²) in [4.78, 5) is 31.0. The molecule has 1 amide bonds. The Kier molecular flexibility index (Phi) is 3.69. The number of benzene rings is 1. The van der Waals surface area contributed by atoms with Crippen molar-refractivity contribution in [1.29, 1.82) is 0 Å². The quantitative estimate of drug-likeness (QED) is 0.753. The molecule has 0 atom stereocenters. The average Bonchev–Trinajstić information content (AvgIpc) is 3.00. The predicted molar refractivity (Wildman–Crippen MR) is 79.6 cm³/mol. The number of hydrogen-bond acceptors (Lipinski definition) is 5. The Bertz CT molecular complexity index is 868. The molecule has 0 aliphatic heterocycles. The smallest absolute Gasteiger partial charge is 0.261 e. The molecule has 0 unspecified atom stereocenters. The number of aromatic nitrogens is 3. The van der Waals surface area contributed by atoms with Crippen molar-refractivity contribution < 1.29 is 9.32 Å². The van der Waals surface area contributed by atoms with Crippen LogP contribution in [0.5, 0.6) is 0 Å². The zero-order valence-electron chi connectivity index (χ0n) is 11.9. The highest BCUT2D eigenvalue weighted by molar-refractivity contribution is 5.99. The monoisotopic (exact) mass is 298 g/mol. The van der Waals surface area contributed by atoms with Gasteiger partial charge in [0.1, 0.15) is 5.56 Å². The van der Waals surface area contributed by atoms with E-state index in [4.69, 9.17) is 0 Å². The molecule has 0 aliphatic carbocycles. The Hall–Kier alpha value is -2.96. The van der Waals surface area contributed by atoms with Crippen molar-refractivity contribution in [3.05, 3.63) is 58.0 Å². The lowest BCUT2D eigenvalue weighted by molar-refractivity contribution is 0.0952. The third kappa shape index (κ3) is 2.60. The van der Waals surface area contributed by atoms with Crippen molar-refractivity contribution >= 4 is 16.8 Å². The van der Waals surface area contributed by atoms with Crippen LogP contribution >= 0.6 is 0 Å². The molecule has 7 heteroatoms. The maximum Gasteiger partial charge on any atom is 0.261 e. The van der Waals surface area contributed by atoms with Crippen LogP contribution in [0.25, 0.3) is 10.9 Å². The average molecular weight is 298 g/mol. The van der Waals surface area contributed by atoms with Crippen LogP contribution in [0.15, 0.2) is 40.0 Å². The summed E-state index contributed by atoms with van der Waals surface area (Å²) in [7, 11) is 0. The summed E-state index contributed by atoms with van der Waals surface area (Å²) in [6, 6.07) is 7.38. The lowest BCUT2D eigenvalue weighted by Crippen LogP contribution is -2.32. The molecule has 0 fully saturated rings. The minimum absolute atomic E-state index is 0.131. The normalized spacial score (nSPS) is 10.8. The first-order valence-electron chi connectivity index (χ1n) is 6.82. The predicted octanol–water partition coefficient (Wildman–Crippen LogP) is 1.19. The van der Waals surface area contributed by atoms with Crippen molar-refractivity contribution in [2.75, 3.05) is 6.54 Å². The number of rotatable bonds is 4. The van der Waals surface area contributed by atoms with Gasteiger partial charge in [-0.3, -0.25) is 9.59 Å². The van der Waals surface area contributed by atoms with E-state index in [2.05, 4.69) is 25.0 Å². The molecule has 1 aromatic carbocycles. The highest BCUT2D eigenvalue weighted by Gasteiger charge is 2.16. The van der Waals surface area contributed by atoms with E-state index >= 15 is 0 Å². The second-order valence-electron chi connectivity index (χ2n) is 4.85. The van der Waals surface area contributed by atoms with Crippen LogP contribution in [0.2, 0.25) is 0 Å². The van der Waals surface area contributed by atoms with E-state index in [1.54, 1.807) is 6.92 Å². The Balaban J connectivity index is 1.83. The van der Waals surface area contributed by atoms with Crippen molar-refractivity contribution in [1.82, 2.24) is 20.4 Å². The maximum absolute atomic E-state index is 12.3. The molecule has 2 N–H and O–H groups in total. The highest BCUT2D eigenvalue weighted by Crippen LogP contribution is 2.16. The molecule has 0 radical (unpaired) electrons. The zero-order valence-corrected chi connectivity index (χ0v) is 11.9. The van der Waals surface area contributed by atoms with Gasteiger partial charge in [0.25, 0.3) is 11.5 Å². The minimum atomic E-state index is -0.409. The fraction of sp³-hybridized carbons (Fsp3) is 0.200. The number of H-pyrrole nitrogens is 1. The van der Waals surface area contributed by atoms with Gasteiger partial charge in [-0.1, -0.05) is 23.4 Å². The molecular formula is C15H14N4O3. The maximum atomic E-state index is 12.3. The molecule has 0 spiro atoms. The zero-order chi connectivity index (χ0) is 15.5. The van der Waals surface area contributed by atoms with Gasteiger partial charge in [-0.05, 0) is 18.6 Å². The van der Waals surface area contributed by atoms with Gasteiger partial charge in [0.15, 0.2) is 5.82 Å². The van der Waals surface area contributed by atoms with Crippen molar-refractivity contribution in [2.45, 2.75) is 13.3 Å². The second-order valence-corrected chi connectivity index (χ2v) is 4.85. The van der Waals surface area contributed by atoms with Crippen LogP contribution < -0.4 is 10.9 Å². The Morgan fingerprint density at radius 1 is 1.36 bits per heavy atom. The van der Waals surface area contributed by atoms with Crippen LogP contribution in [0, 0.1) is 6.92 Å². The summed E-state index contributed by atoms with van der Waals surface area (Å²) in [5.41, 5.74) is 1.12. The van der Waals surface area contributed by atoms with Gasteiger partial charge < -0.3 is 14.8 Å². The number of nitrogens with one attached hydrogen (secondary N) is 2. The molecule has 0 saturated carbocycles. The number of carbonyl (C=O) groups is 1. The van der Waals surface area contributed by atoms with Crippen LogP contribution in [-0.4, -0.2) is 27.6 Å². The number of nitrogens with zero attached hydrogens (tertiary/aromatic N) is 2. The first-order valence-corrected chi connectivity index (χ1v) is 6.82. The fourth-order valence-electron chi connectivity index (χ4n) is 2.36. The van der Waals surface area contributed by atoms with Crippen LogP contribution in [-0.2, 0) is 6.42 Å². The molecule has 2 heterocycles. The largest absolute Gasteiger partial charge is 0.351 e. The molecule has 3 rings (SSSR count). The van der Waals surface area contributed by atoms with E-state index in [1.165, 1.54) is 6.39 Å². The lowest BCUT2D eigenvalue weighted by Gasteiger charge is -2.09. The van der Waals surface area contributed by atoms with Crippen molar-refractivity contribution in [3.63, 3.8) is 0 Å². The van der Waals surface area contributed by atoms with E-state index in [0.29, 0.717) is 29.9 Å². The van der Waals surface area contributed by atoms with E-state index < -0.39 is 11.5 Å². The van der Waals surface area contributed by atoms with Crippen LogP contribution in [0.3, 0.4) is 0 Å². The third-order valence-corrected chi connectivity index (χ3v) is 3.45. The van der Waals surface area contributed by atoms with Gasteiger partial charge in [-0.25, -0.2) is 0 Å². The number of carbonyl (C=O) groups excluding carboxylic acids is 1. The van der Waals surface area contributed by atoms with Crippen molar-refractivity contribution in [2.24, 2.45) is 0 Å². The van der Waals surface area contributed by atoms with E-state index in [1.807, 2.05) is 24.3 Å². The molecule has 22 heavy (non-hydrogen) atoms. The second kappa shape index (κ2) is 5.80. The third-order valence-electron chi connectivity index (χ3n) is 3.45. The number of aromatic amines is 1. The number of fused-ring (bicyclic) bond motifs is 1. The minimum Gasteiger partial charge on any atom is -0.351 e. The summed E-state index contributed by atoms with van der Waals surface area (Å²) in [5, 5.41) is 7.21. The van der Waals surface area contributed by atoms with Crippen LogP contribution in [0.4, 0.5) is 0 Å². The van der Waals surface area contributed by atoms with Gasteiger partial charge in [0, 0.05) is 23.9 Å². The number of pyridine rings is 1. The number of hydrogen-bond donors (Lipinski definition) is 2. The Morgan fingerprint density at radius 2 is 2.18 bits per heavy atom. The standard InChI is InChI=1S/C15H14N4O3/c1-9-10-4-2-3-5-11(10)18-15(21)13(9)14(20)16-7-6-12-17-8-22-19-12/h2-5,8H,6-7H2,1H3,(H,16,20)(H,18,21). The fourth-order valence-corrected chi connectivity index (χ4v) is 2.36. The molecule has 112 valence electrons. The Labute approximate surface area is 125 Å². The lowest BCUT2D eigenvalue weighted by atomic mass is 10.0. The number of amides is 1. The van der Waals surface area contributed by atoms with Crippen LogP contribution in [0.1, 0.15) is 21.7 Å². The highest BCUT2D eigenvalue weighted by atomic mass is 16.5. The van der Waals surface area contributed by atoms with E-state index in [9.17, 15) is 9.59 Å². The number of para-hydroxylation sites is 1. The molecule has 2 aromatic heterocycles. The summed E-state index contributed by atoms with van der Waals surface area (Å²) < 4.78 is 4.61. The summed E-state index contributed by atoms with van der Waals surface area (Å²) >= 11 is 0. The first-order chi connectivity index (χ1) is 10.7. The van der Waals surface area contributed by atoms with E-state index in [0.717, 1.165) is 5.39 Å². The van der Waals surface area contributed by atoms with Gasteiger partial charge in [-0.15, -0.1) is 0 Å². The summed E-state index contributed by atoms with van der Waals surface area (Å²) in [6.45, 7) is 2.09. The molecule has 0 saturated heterocycles. The molecule has 0 bridgehead atoms. The molecule has 7 nitrogen and oxygen atoms in total. The first kappa shape index (κ1) is 14.0. The van der Waals surface area contributed by atoms with Gasteiger partial charge >= 0.3 is 0 Å².